The Kier molecular flexibility index (Phi) is 3.59. The lowest BCUT2D eigenvalue weighted by molar-refractivity contribution is 0.600. The summed E-state index contributed by atoms with van der Waals surface area (Å²) >= 11 is 5.98. The van der Waals surface area contributed by atoms with Gasteiger partial charge in [0.15, 0.2) is 0 Å². The maximum atomic E-state index is 13.6. The summed E-state index contributed by atoms with van der Waals surface area (Å²) in [5.41, 5.74) is 1.36. The van der Waals surface area contributed by atoms with Gasteiger partial charge in [0.2, 0.25) is 0 Å². The fourth-order valence-electron chi connectivity index (χ4n) is 1.63. The SMILES string of the molecule is CC(Nc1ccncc1Cl)c1ccccc1F. The number of nitrogens with one attached hydrogen (secondary N) is 1. The summed E-state index contributed by atoms with van der Waals surface area (Å²) < 4.78 is 13.6. The van der Waals surface area contributed by atoms with Crippen molar-refractivity contribution in [3.63, 3.8) is 0 Å². The third kappa shape index (κ3) is 2.74. The Hall–Kier alpha value is -1.61. The van der Waals surface area contributed by atoms with E-state index in [0.29, 0.717) is 10.6 Å². The Balaban J connectivity index is 2.20. The van der Waals surface area contributed by atoms with Crippen LogP contribution in [0.3, 0.4) is 0 Å². The first-order valence-electron chi connectivity index (χ1n) is 5.29. The van der Waals surface area contributed by atoms with Crippen LogP contribution in [0.4, 0.5) is 10.1 Å². The van der Waals surface area contributed by atoms with Gasteiger partial charge in [0, 0.05) is 18.0 Å². The van der Waals surface area contributed by atoms with E-state index in [2.05, 4.69) is 10.3 Å². The number of nitrogens with zero attached hydrogens (tertiary/aromatic N) is 1. The molecule has 1 aromatic heterocycles. The summed E-state index contributed by atoms with van der Waals surface area (Å²) in [6, 6.07) is 8.29. The third-order valence-corrected chi connectivity index (χ3v) is 2.82. The summed E-state index contributed by atoms with van der Waals surface area (Å²) in [6.07, 6.45) is 3.19. The van der Waals surface area contributed by atoms with Crippen molar-refractivity contribution in [1.29, 1.82) is 0 Å². The second-order valence-electron chi connectivity index (χ2n) is 3.74. The minimum absolute atomic E-state index is 0.156. The molecule has 1 N–H and O–H groups in total. The predicted octanol–water partition coefficient (Wildman–Crippen LogP) is 4.05. The lowest BCUT2D eigenvalue weighted by Gasteiger charge is -2.16. The number of rotatable bonds is 3. The Morgan fingerprint density at radius 3 is 2.76 bits per heavy atom. The summed E-state index contributed by atoms with van der Waals surface area (Å²) in [5, 5.41) is 3.68. The molecule has 0 radical (unpaired) electrons. The molecule has 1 unspecified atom stereocenters. The zero-order valence-corrected chi connectivity index (χ0v) is 10.1. The quantitative estimate of drug-likeness (QED) is 0.889. The van der Waals surface area contributed by atoms with Crippen molar-refractivity contribution in [2.24, 2.45) is 0 Å². The van der Waals surface area contributed by atoms with Crippen LogP contribution in [0.15, 0.2) is 42.7 Å². The number of hydrogen-bond acceptors (Lipinski definition) is 2. The molecule has 2 aromatic rings. The first kappa shape index (κ1) is 11.9. The number of aromatic nitrogens is 1. The largest absolute Gasteiger partial charge is 0.377 e. The molecular weight excluding hydrogens is 239 g/mol. The molecule has 1 atom stereocenters. The first-order chi connectivity index (χ1) is 8.18. The van der Waals surface area contributed by atoms with Crippen molar-refractivity contribution in [1.82, 2.24) is 4.98 Å². The van der Waals surface area contributed by atoms with Gasteiger partial charge in [-0.15, -0.1) is 0 Å². The molecule has 0 fully saturated rings. The first-order valence-corrected chi connectivity index (χ1v) is 5.67. The fourth-order valence-corrected chi connectivity index (χ4v) is 1.80. The molecule has 0 bridgehead atoms. The van der Waals surface area contributed by atoms with Gasteiger partial charge in [0.1, 0.15) is 5.82 Å². The molecule has 4 heteroatoms. The van der Waals surface area contributed by atoms with Crippen LogP contribution in [-0.4, -0.2) is 4.98 Å². The molecule has 88 valence electrons. The van der Waals surface area contributed by atoms with E-state index in [0.717, 1.165) is 5.69 Å². The molecule has 0 aliphatic heterocycles. The van der Waals surface area contributed by atoms with Gasteiger partial charge in [-0.3, -0.25) is 4.98 Å². The number of halogens is 2. The zero-order chi connectivity index (χ0) is 12.3. The average molecular weight is 251 g/mol. The molecule has 1 aromatic carbocycles. The maximum absolute atomic E-state index is 13.6. The highest BCUT2D eigenvalue weighted by atomic mass is 35.5. The summed E-state index contributed by atoms with van der Waals surface area (Å²) in [4.78, 5) is 3.90. The van der Waals surface area contributed by atoms with Crippen molar-refractivity contribution in [2.75, 3.05) is 5.32 Å². The molecule has 2 rings (SSSR count). The van der Waals surface area contributed by atoms with Gasteiger partial charge < -0.3 is 5.32 Å². The van der Waals surface area contributed by atoms with E-state index >= 15 is 0 Å². The van der Waals surface area contributed by atoms with E-state index in [-0.39, 0.29) is 11.9 Å². The molecule has 0 amide bonds. The standard InChI is InChI=1S/C13H12ClFN2/c1-9(10-4-2-3-5-12(10)15)17-13-6-7-16-8-11(13)14/h2-9H,1H3,(H,16,17). The lowest BCUT2D eigenvalue weighted by atomic mass is 10.1. The van der Waals surface area contributed by atoms with Gasteiger partial charge in [0.25, 0.3) is 0 Å². The van der Waals surface area contributed by atoms with Crippen LogP contribution >= 0.6 is 11.6 Å². The van der Waals surface area contributed by atoms with E-state index in [1.54, 1.807) is 30.6 Å². The summed E-state index contributed by atoms with van der Waals surface area (Å²) in [5.74, 6) is -0.224. The van der Waals surface area contributed by atoms with Crippen molar-refractivity contribution in [2.45, 2.75) is 13.0 Å². The Labute approximate surface area is 104 Å². The van der Waals surface area contributed by atoms with Crippen LogP contribution in [0, 0.1) is 5.82 Å². The summed E-state index contributed by atoms with van der Waals surface area (Å²) in [7, 11) is 0. The Morgan fingerprint density at radius 1 is 1.29 bits per heavy atom. The summed E-state index contributed by atoms with van der Waals surface area (Å²) in [6.45, 7) is 1.88. The molecular formula is C13H12ClFN2. The van der Waals surface area contributed by atoms with E-state index in [1.165, 1.54) is 6.07 Å². The smallest absolute Gasteiger partial charge is 0.128 e. The number of pyridine rings is 1. The molecule has 0 aliphatic carbocycles. The molecule has 0 aliphatic rings. The Bertz CT molecular complexity index is 516. The number of anilines is 1. The fraction of sp³-hybridized carbons (Fsp3) is 0.154. The molecule has 0 spiro atoms. The monoisotopic (exact) mass is 250 g/mol. The lowest BCUT2D eigenvalue weighted by Crippen LogP contribution is -2.08. The molecule has 2 nitrogen and oxygen atoms in total. The normalized spacial score (nSPS) is 12.2. The van der Waals surface area contributed by atoms with Crippen LogP contribution in [0.5, 0.6) is 0 Å². The van der Waals surface area contributed by atoms with Crippen molar-refractivity contribution >= 4 is 17.3 Å². The molecule has 0 saturated carbocycles. The Morgan fingerprint density at radius 2 is 2.06 bits per heavy atom. The molecule has 17 heavy (non-hydrogen) atoms. The second kappa shape index (κ2) is 5.15. The van der Waals surface area contributed by atoms with Crippen LogP contribution in [0.2, 0.25) is 5.02 Å². The van der Waals surface area contributed by atoms with Crippen LogP contribution in [0.25, 0.3) is 0 Å². The van der Waals surface area contributed by atoms with Gasteiger partial charge in [-0.1, -0.05) is 29.8 Å². The number of benzene rings is 1. The van der Waals surface area contributed by atoms with Gasteiger partial charge in [-0.2, -0.15) is 0 Å². The minimum atomic E-state index is -0.224. The van der Waals surface area contributed by atoms with Crippen molar-refractivity contribution in [3.05, 3.63) is 59.1 Å². The zero-order valence-electron chi connectivity index (χ0n) is 9.32. The van der Waals surface area contributed by atoms with E-state index in [1.807, 2.05) is 13.0 Å². The third-order valence-electron chi connectivity index (χ3n) is 2.52. The van der Waals surface area contributed by atoms with Crippen LogP contribution < -0.4 is 5.32 Å². The highest BCUT2D eigenvalue weighted by Crippen LogP contribution is 2.25. The second-order valence-corrected chi connectivity index (χ2v) is 4.15. The van der Waals surface area contributed by atoms with E-state index < -0.39 is 0 Å². The van der Waals surface area contributed by atoms with Gasteiger partial charge in [0.05, 0.1) is 16.8 Å². The predicted molar refractivity (Wildman–Crippen MR) is 67.7 cm³/mol. The highest BCUT2D eigenvalue weighted by Gasteiger charge is 2.11. The molecule has 0 saturated heterocycles. The van der Waals surface area contributed by atoms with Gasteiger partial charge in [-0.25, -0.2) is 4.39 Å². The van der Waals surface area contributed by atoms with Crippen LogP contribution in [-0.2, 0) is 0 Å². The van der Waals surface area contributed by atoms with E-state index in [9.17, 15) is 4.39 Å². The highest BCUT2D eigenvalue weighted by molar-refractivity contribution is 6.33. The van der Waals surface area contributed by atoms with Crippen LogP contribution in [0.1, 0.15) is 18.5 Å². The van der Waals surface area contributed by atoms with Gasteiger partial charge in [-0.05, 0) is 19.1 Å². The van der Waals surface area contributed by atoms with Gasteiger partial charge >= 0.3 is 0 Å². The van der Waals surface area contributed by atoms with E-state index in [4.69, 9.17) is 11.6 Å². The van der Waals surface area contributed by atoms with Crippen molar-refractivity contribution in [3.8, 4) is 0 Å². The molecule has 1 heterocycles. The average Bonchev–Trinajstić information content (AvgIpc) is 2.32. The minimum Gasteiger partial charge on any atom is -0.377 e. The maximum Gasteiger partial charge on any atom is 0.128 e. The van der Waals surface area contributed by atoms with Crippen molar-refractivity contribution < 1.29 is 4.39 Å². The topological polar surface area (TPSA) is 24.9 Å². The number of hydrogen-bond donors (Lipinski definition) is 1.